The molecule has 1 saturated heterocycles. The number of hydrogen-bond donors (Lipinski definition) is 2. The lowest BCUT2D eigenvalue weighted by molar-refractivity contribution is -0.0868. The van der Waals surface area contributed by atoms with Crippen LogP contribution in [0.1, 0.15) is 19.4 Å². The van der Waals surface area contributed by atoms with Crippen LogP contribution in [0.25, 0.3) is 22.4 Å². The molecule has 0 unspecified atom stereocenters. The summed E-state index contributed by atoms with van der Waals surface area (Å²) in [5, 5.41) is 20.7. The lowest BCUT2D eigenvalue weighted by Crippen LogP contribution is -2.49. The average molecular weight is 354 g/mol. The summed E-state index contributed by atoms with van der Waals surface area (Å²) in [4.78, 5) is 4.84. The van der Waals surface area contributed by atoms with Crippen LogP contribution >= 0.6 is 0 Å². The van der Waals surface area contributed by atoms with E-state index in [4.69, 9.17) is 14.5 Å². The maximum absolute atomic E-state index is 10.5. The number of phenolic OH excluding ortho intramolecular Hbond substituents is 2. The lowest BCUT2D eigenvalue weighted by atomic mass is 9.97. The second kappa shape index (κ2) is 5.92. The highest BCUT2D eigenvalue weighted by Crippen LogP contribution is 2.45. The molecule has 6 nitrogen and oxygen atoms in total. The molecular formula is C20H22N2O4. The van der Waals surface area contributed by atoms with Crippen LogP contribution in [0.3, 0.4) is 0 Å². The van der Waals surface area contributed by atoms with Gasteiger partial charge in [0.1, 0.15) is 5.82 Å². The van der Waals surface area contributed by atoms with Crippen LogP contribution in [0.15, 0.2) is 30.3 Å². The number of fused-ring (bicyclic) bond motifs is 1. The number of phenols is 2. The van der Waals surface area contributed by atoms with Gasteiger partial charge in [0.05, 0.1) is 36.9 Å². The van der Waals surface area contributed by atoms with Crippen molar-refractivity contribution in [1.29, 1.82) is 0 Å². The van der Waals surface area contributed by atoms with Gasteiger partial charge in [-0.15, -0.1) is 0 Å². The van der Waals surface area contributed by atoms with Crippen LogP contribution in [0.4, 0.5) is 0 Å². The Hall–Kier alpha value is -2.73. The molecule has 3 aromatic rings. The molecule has 0 radical (unpaired) electrons. The third-order valence-corrected chi connectivity index (χ3v) is 5.09. The molecule has 1 fully saturated rings. The maximum Gasteiger partial charge on any atom is 0.200 e. The first kappa shape index (κ1) is 16.7. The van der Waals surface area contributed by atoms with Crippen LogP contribution < -0.4 is 4.74 Å². The molecule has 1 aliphatic heterocycles. The van der Waals surface area contributed by atoms with Crippen molar-refractivity contribution in [2.24, 2.45) is 0 Å². The largest absolute Gasteiger partial charge is 0.504 e. The zero-order valence-corrected chi connectivity index (χ0v) is 15.1. The number of hydrogen-bond acceptors (Lipinski definition) is 5. The van der Waals surface area contributed by atoms with Crippen molar-refractivity contribution >= 4 is 11.0 Å². The first-order valence-electron chi connectivity index (χ1n) is 8.68. The molecular weight excluding hydrogens is 332 g/mol. The second-order valence-corrected chi connectivity index (χ2v) is 6.90. The smallest absolute Gasteiger partial charge is 0.200 e. The first-order chi connectivity index (χ1) is 12.5. The number of rotatable bonds is 4. The van der Waals surface area contributed by atoms with Gasteiger partial charge in [-0.3, -0.25) is 0 Å². The lowest BCUT2D eigenvalue weighted by Gasteiger charge is -2.41. The van der Waals surface area contributed by atoms with Crippen molar-refractivity contribution in [2.75, 3.05) is 20.3 Å². The van der Waals surface area contributed by atoms with Gasteiger partial charge >= 0.3 is 0 Å². The van der Waals surface area contributed by atoms with Gasteiger partial charge in [-0.25, -0.2) is 4.98 Å². The SMILES string of the molecule is CCc1c(-c2nc3ccccc3n2C2(C)COC2)cc(OC)c(O)c1O. The number of nitrogens with zero attached hydrogens (tertiary/aromatic N) is 2. The molecule has 1 aromatic heterocycles. The fraction of sp³-hybridized carbons (Fsp3) is 0.350. The maximum atomic E-state index is 10.5. The molecule has 0 saturated carbocycles. The van der Waals surface area contributed by atoms with Gasteiger partial charge in [0.25, 0.3) is 0 Å². The predicted molar refractivity (Wildman–Crippen MR) is 98.9 cm³/mol. The van der Waals surface area contributed by atoms with E-state index in [9.17, 15) is 10.2 Å². The van der Waals surface area contributed by atoms with E-state index in [0.29, 0.717) is 25.2 Å². The second-order valence-electron chi connectivity index (χ2n) is 6.90. The van der Waals surface area contributed by atoms with E-state index in [-0.39, 0.29) is 22.8 Å². The summed E-state index contributed by atoms with van der Waals surface area (Å²) in [6.07, 6.45) is 0.551. The monoisotopic (exact) mass is 354 g/mol. The number of benzene rings is 2. The molecule has 2 aromatic carbocycles. The number of aromatic nitrogens is 2. The van der Waals surface area contributed by atoms with Crippen LogP contribution in [0.5, 0.6) is 17.2 Å². The molecule has 1 aliphatic rings. The Balaban J connectivity index is 2.07. The normalized spacial score (nSPS) is 15.8. The number of ether oxygens (including phenoxy) is 2. The summed E-state index contributed by atoms with van der Waals surface area (Å²) < 4.78 is 12.9. The molecule has 0 aliphatic carbocycles. The van der Waals surface area contributed by atoms with E-state index in [0.717, 1.165) is 22.4 Å². The average Bonchev–Trinajstić information content (AvgIpc) is 3.01. The van der Waals surface area contributed by atoms with E-state index in [1.807, 2.05) is 31.2 Å². The molecule has 2 N–H and O–H groups in total. The highest BCUT2D eigenvalue weighted by Gasteiger charge is 2.39. The number of para-hydroxylation sites is 2. The quantitative estimate of drug-likeness (QED) is 0.702. The Morgan fingerprint density at radius 2 is 1.96 bits per heavy atom. The molecule has 0 amide bonds. The Kier molecular flexibility index (Phi) is 3.80. The van der Waals surface area contributed by atoms with Gasteiger partial charge in [-0.2, -0.15) is 0 Å². The molecule has 2 heterocycles. The van der Waals surface area contributed by atoms with Crippen LogP contribution in [-0.2, 0) is 16.7 Å². The van der Waals surface area contributed by atoms with E-state index < -0.39 is 0 Å². The number of methoxy groups -OCH3 is 1. The zero-order chi connectivity index (χ0) is 18.5. The van der Waals surface area contributed by atoms with Crippen molar-refractivity contribution in [1.82, 2.24) is 9.55 Å². The van der Waals surface area contributed by atoms with Crippen molar-refractivity contribution in [3.63, 3.8) is 0 Å². The molecule has 6 heteroatoms. The van der Waals surface area contributed by atoms with Gasteiger partial charge < -0.3 is 24.3 Å². The fourth-order valence-corrected chi connectivity index (χ4v) is 3.67. The predicted octanol–water partition coefficient (Wildman–Crippen LogP) is 3.43. The fourth-order valence-electron chi connectivity index (χ4n) is 3.67. The van der Waals surface area contributed by atoms with Crippen LogP contribution in [-0.4, -0.2) is 40.1 Å². The van der Waals surface area contributed by atoms with Crippen molar-refractivity contribution in [2.45, 2.75) is 25.8 Å². The van der Waals surface area contributed by atoms with Crippen molar-refractivity contribution in [3.8, 4) is 28.6 Å². The molecule has 4 rings (SSSR count). The summed E-state index contributed by atoms with van der Waals surface area (Å²) in [5.41, 5.74) is 3.08. The summed E-state index contributed by atoms with van der Waals surface area (Å²) >= 11 is 0. The minimum atomic E-state index is -0.242. The van der Waals surface area contributed by atoms with Gasteiger partial charge in [0.2, 0.25) is 5.75 Å². The molecule has 0 atom stereocenters. The van der Waals surface area contributed by atoms with Gasteiger partial charge in [0.15, 0.2) is 11.5 Å². The molecule has 26 heavy (non-hydrogen) atoms. The standard InChI is InChI=1S/C20H22N2O4/c1-4-12-13(9-16(25-3)18(24)17(12)23)19-21-14-7-5-6-8-15(14)22(19)20(2)10-26-11-20/h5-9,23-24H,4,10-11H2,1-3H3. The zero-order valence-electron chi connectivity index (χ0n) is 15.1. The Morgan fingerprint density at radius 3 is 2.58 bits per heavy atom. The topological polar surface area (TPSA) is 76.7 Å². The Bertz CT molecular complexity index is 989. The summed E-state index contributed by atoms with van der Waals surface area (Å²) in [6, 6.07) is 9.70. The van der Waals surface area contributed by atoms with E-state index in [1.165, 1.54) is 7.11 Å². The van der Waals surface area contributed by atoms with Crippen LogP contribution in [0, 0.1) is 0 Å². The molecule has 136 valence electrons. The third-order valence-electron chi connectivity index (χ3n) is 5.09. The first-order valence-corrected chi connectivity index (χ1v) is 8.68. The third kappa shape index (κ3) is 2.25. The summed E-state index contributed by atoms with van der Waals surface area (Å²) in [7, 11) is 1.47. The minimum Gasteiger partial charge on any atom is -0.504 e. The molecule has 0 bridgehead atoms. The van der Waals surface area contributed by atoms with Crippen molar-refractivity contribution in [3.05, 3.63) is 35.9 Å². The molecule has 0 spiro atoms. The number of aromatic hydroxyl groups is 2. The highest BCUT2D eigenvalue weighted by atomic mass is 16.5. The van der Waals surface area contributed by atoms with Gasteiger partial charge in [0, 0.05) is 11.1 Å². The van der Waals surface area contributed by atoms with Gasteiger partial charge in [-0.1, -0.05) is 19.1 Å². The van der Waals surface area contributed by atoms with Crippen molar-refractivity contribution < 1.29 is 19.7 Å². The minimum absolute atomic E-state index is 0.157. The summed E-state index contributed by atoms with van der Waals surface area (Å²) in [5.74, 6) is 0.565. The number of imidazole rings is 1. The Labute approximate surface area is 151 Å². The highest BCUT2D eigenvalue weighted by molar-refractivity contribution is 5.83. The van der Waals surface area contributed by atoms with E-state index >= 15 is 0 Å². The van der Waals surface area contributed by atoms with E-state index in [1.54, 1.807) is 6.07 Å². The van der Waals surface area contributed by atoms with Crippen LogP contribution in [0.2, 0.25) is 0 Å². The Morgan fingerprint density at radius 1 is 1.23 bits per heavy atom. The van der Waals surface area contributed by atoms with E-state index in [2.05, 4.69) is 11.5 Å². The van der Waals surface area contributed by atoms with Gasteiger partial charge in [-0.05, 0) is 31.5 Å². The summed E-state index contributed by atoms with van der Waals surface area (Å²) in [6.45, 7) is 5.27.